The average Bonchev–Trinajstić information content (AvgIpc) is 2.87. The van der Waals surface area contributed by atoms with Crippen molar-refractivity contribution < 1.29 is 19.1 Å². The summed E-state index contributed by atoms with van der Waals surface area (Å²) in [7, 11) is 0. The van der Waals surface area contributed by atoms with Gasteiger partial charge in [-0.15, -0.1) is 0 Å². The van der Waals surface area contributed by atoms with Gasteiger partial charge in [-0.25, -0.2) is 9.59 Å². The molecule has 0 atom stereocenters. The van der Waals surface area contributed by atoms with Gasteiger partial charge in [-0.2, -0.15) is 5.26 Å². The van der Waals surface area contributed by atoms with Crippen molar-refractivity contribution in [2.75, 3.05) is 25.0 Å². The molecule has 0 spiro atoms. The van der Waals surface area contributed by atoms with Gasteiger partial charge in [-0.05, 0) is 87.9 Å². The van der Waals surface area contributed by atoms with E-state index in [9.17, 15) is 14.4 Å². The highest BCUT2D eigenvalue weighted by molar-refractivity contribution is 5.94. The Morgan fingerprint density at radius 2 is 1.76 bits per heavy atom. The number of amides is 4. The Kier molecular flexibility index (Phi) is 9.50. The highest BCUT2D eigenvalue weighted by Crippen LogP contribution is 2.22. The van der Waals surface area contributed by atoms with E-state index >= 15 is 0 Å². The Hall–Kier alpha value is -4.06. The normalized spacial score (nSPS) is 13.8. The van der Waals surface area contributed by atoms with Crippen LogP contribution in [0.15, 0.2) is 48.5 Å². The van der Waals surface area contributed by atoms with Crippen LogP contribution in [0.25, 0.3) is 0 Å². The SMILES string of the molecule is CC(C)(C)OC(=O)N1CCC(CCNC(=O)c2cccc(CNC(=O)Nc3ccc(C#N)cc3)c2)CC1. The summed E-state index contributed by atoms with van der Waals surface area (Å²) in [6.07, 6.45) is 2.37. The molecule has 1 fully saturated rings. The first-order chi connectivity index (χ1) is 17.6. The number of nitrogens with one attached hydrogen (secondary N) is 3. The summed E-state index contributed by atoms with van der Waals surface area (Å²) in [5, 5.41) is 17.3. The third-order valence-electron chi connectivity index (χ3n) is 6.02. The first-order valence-electron chi connectivity index (χ1n) is 12.5. The molecule has 3 rings (SSSR count). The van der Waals surface area contributed by atoms with Gasteiger partial charge < -0.3 is 25.6 Å². The van der Waals surface area contributed by atoms with E-state index < -0.39 is 5.60 Å². The third-order valence-corrected chi connectivity index (χ3v) is 6.02. The molecule has 2 aromatic carbocycles. The van der Waals surface area contributed by atoms with Crippen LogP contribution in [0.4, 0.5) is 15.3 Å². The number of nitriles is 1. The van der Waals surface area contributed by atoms with Crippen LogP contribution in [-0.2, 0) is 11.3 Å². The molecule has 0 unspecified atom stereocenters. The second kappa shape index (κ2) is 12.8. The van der Waals surface area contributed by atoms with Gasteiger partial charge in [0, 0.05) is 37.4 Å². The van der Waals surface area contributed by atoms with Crippen LogP contribution in [-0.4, -0.2) is 48.2 Å². The zero-order valence-electron chi connectivity index (χ0n) is 21.7. The Bertz CT molecular complexity index is 1130. The van der Waals surface area contributed by atoms with E-state index in [1.165, 1.54) is 0 Å². The number of urea groups is 1. The fraction of sp³-hybridized carbons (Fsp3) is 0.429. The van der Waals surface area contributed by atoms with E-state index in [0.717, 1.165) is 24.8 Å². The molecule has 0 aromatic heterocycles. The molecule has 9 nitrogen and oxygen atoms in total. The molecule has 2 aromatic rings. The number of ether oxygens (including phenoxy) is 1. The molecule has 0 saturated carbocycles. The molecule has 0 aliphatic carbocycles. The standard InChI is InChI=1S/C28H35N5O4/c1-28(2,3)37-27(36)33-15-12-20(13-16-33)11-14-30-25(34)23-6-4-5-22(17-23)19-31-26(35)32-24-9-7-21(18-29)8-10-24/h4-10,17,20H,11-16,19H2,1-3H3,(H,30,34)(H2,31,32,35). The fourth-order valence-corrected chi connectivity index (χ4v) is 4.03. The highest BCUT2D eigenvalue weighted by atomic mass is 16.6. The Morgan fingerprint density at radius 3 is 2.41 bits per heavy atom. The van der Waals surface area contributed by atoms with Crippen LogP contribution >= 0.6 is 0 Å². The molecule has 3 N–H and O–H groups in total. The van der Waals surface area contributed by atoms with E-state index in [1.54, 1.807) is 47.4 Å². The molecule has 9 heteroatoms. The summed E-state index contributed by atoms with van der Waals surface area (Å²) in [4.78, 5) is 38.8. The molecule has 4 amide bonds. The molecule has 37 heavy (non-hydrogen) atoms. The van der Waals surface area contributed by atoms with Gasteiger partial charge in [0.2, 0.25) is 0 Å². The number of carbonyl (C=O) groups excluding carboxylic acids is 3. The number of hydrogen-bond acceptors (Lipinski definition) is 5. The molecular formula is C28H35N5O4. The number of rotatable bonds is 7. The second-order valence-electron chi connectivity index (χ2n) is 10.2. The zero-order chi connectivity index (χ0) is 26.8. The van der Waals surface area contributed by atoms with Crippen molar-refractivity contribution >= 4 is 23.7 Å². The summed E-state index contributed by atoms with van der Waals surface area (Å²) in [6.45, 7) is 7.75. The summed E-state index contributed by atoms with van der Waals surface area (Å²) < 4.78 is 5.44. The molecule has 1 saturated heterocycles. The van der Waals surface area contributed by atoms with Crippen LogP contribution in [0.3, 0.4) is 0 Å². The number of carbonyl (C=O) groups is 3. The maximum Gasteiger partial charge on any atom is 0.410 e. The van der Waals surface area contributed by atoms with E-state index in [1.807, 2.05) is 32.9 Å². The first-order valence-corrected chi connectivity index (χ1v) is 12.5. The average molecular weight is 506 g/mol. The van der Waals surface area contributed by atoms with Gasteiger partial charge in [0.25, 0.3) is 5.91 Å². The van der Waals surface area contributed by atoms with Crippen LogP contribution in [0.5, 0.6) is 0 Å². The molecule has 196 valence electrons. The van der Waals surface area contributed by atoms with Crippen molar-refractivity contribution in [2.45, 2.75) is 52.2 Å². The Morgan fingerprint density at radius 1 is 1.05 bits per heavy atom. The summed E-state index contributed by atoms with van der Waals surface area (Å²) in [5.41, 5.74) is 1.94. The van der Waals surface area contributed by atoms with Crippen molar-refractivity contribution in [3.05, 3.63) is 65.2 Å². The molecule has 1 aliphatic heterocycles. The lowest BCUT2D eigenvalue weighted by Crippen LogP contribution is -2.42. The Labute approximate surface area is 218 Å². The molecule has 0 radical (unpaired) electrons. The van der Waals surface area contributed by atoms with Crippen LogP contribution in [0.1, 0.15) is 61.5 Å². The lowest BCUT2D eigenvalue weighted by molar-refractivity contribution is 0.0181. The lowest BCUT2D eigenvalue weighted by atomic mass is 9.94. The highest BCUT2D eigenvalue weighted by Gasteiger charge is 2.26. The van der Waals surface area contributed by atoms with Gasteiger partial charge in [0.05, 0.1) is 11.6 Å². The topological polar surface area (TPSA) is 124 Å². The number of hydrogen-bond donors (Lipinski definition) is 3. The summed E-state index contributed by atoms with van der Waals surface area (Å²) in [5.74, 6) is 0.291. The second-order valence-corrected chi connectivity index (χ2v) is 10.2. The maximum atomic E-state index is 12.6. The van der Waals surface area contributed by atoms with E-state index in [2.05, 4.69) is 16.0 Å². The quantitative estimate of drug-likeness (QED) is 0.505. The maximum absolute atomic E-state index is 12.6. The van der Waals surface area contributed by atoms with Crippen molar-refractivity contribution in [2.24, 2.45) is 5.92 Å². The minimum atomic E-state index is -0.496. The van der Waals surface area contributed by atoms with Gasteiger partial charge in [0.1, 0.15) is 5.60 Å². The number of nitrogens with zero attached hydrogens (tertiary/aromatic N) is 2. The van der Waals surface area contributed by atoms with Crippen molar-refractivity contribution in [1.82, 2.24) is 15.5 Å². The largest absolute Gasteiger partial charge is 0.444 e. The number of anilines is 1. The number of benzene rings is 2. The molecular weight excluding hydrogens is 470 g/mol. The molecule has 1 aliphatic rings. The minimum absolute atomic E-state index is 0.157. The van der Waals surface area contributed by atoms with Gasteiger partial charge in [-0.3, -0.25) is 4.79 Å². The molecule has 0 bridgehead atoms. The van der Waals surface area contributed by atoms with Crippen LogP contribution in [0, 0.1) is 17.2 Å². The van der Waals surface area contributed by atoms with Crippen molar-refractivity contribution in [3.63, 3.8) is 0 Å². The summed E-state index contributed by atoms with van der Waals surface area (Å²) >= 11 is 0. The predicted octanol–water partition coefficient (Wildman–Crippen LogP) is 4.65. The first kappa shape index (κ1) is 27.5. The van der Waals surface area contributed by atoms with E-state index in [0.29, 0.717) is 42.4 Å². The van der Waals surface area contributed by atoms with Gasteiger partial charge in [0.15, 0.2) is 0 Å². The Balaban J connectivity index is 1.38. The van der Waals surface area contributed by atoms with Crippen molar-refractivity contribution in [3.8, 4) is 6.07 Å². The smallest absolute Gasteiger partial charge is 0.410 e. The summed E-state index contributed by atoms with van der Waals surface area (Å²) in [6, 6.07) is 15.4. The van der Waals surface area contributed by atoms with Crippen molar-refractivity contribution in [1.29, 1.82) is 5.26 Å². The lowest BCUT2D eigenvalue weighted by Gasteiger charge is -2.33. The third kappa shape index (κ3) is 9.15. The van der Waals surface area contributed by atoms with Crippen LogP contribution in [0.2, 0.25) is 0 Å². The fourth-order valence-electron chi connectivity index (χ4n) is 4.03. The molecule has 1 heterocycles. The number of piperidine rings is 1. The van der Waals surface area contributed by atoms with E-state index in [-0.39, 0.29) is 24.6 Å². The monoisotopic (exact) mass is 505 g/mol. The predicted molar refractivity (Wildman–Crippen MR) is 141 cm³/mol. The minimum Gasteiger partial charge on any atom is -0.444 e. The van der Waals surface area contributed by atoms with Crippen LogP contribution < -0.4 is 16.0 Å². The van der Waals surface area contributed by atoms with E-state index in [4.69, 9.17) is 10.00 Å². The van der Waals surface area contributed by atoms with Gasteiger partial charge in [-0.1, -0.05) is 12.1 Å². The number of likely N-dealkylation sites (tertiary alicyclic amines) is 1. The van der Waals surface area contributed by atoms with Gasteiger partial charge >= 0.3 is 12.1 Å². The zero-order valence-corrected chi connectivity index (χ0v) is 21.7.